The highest BCUT2D eigenvalue weighted by Gasteiger charge is 2.39. The number of hydrogen-bond donors (Lipinski definition) is 0. The summed E-state index contributed by atoms with van der Waals surface area (Å²) in [5.74, 6) is -0.349. The van der Waals surface area contributed by atoms with E-state index in [0.717, 1.165) is 18.0 Å². The molecule has 0 spiro atoms. The maximum absolute atomic E-state index is 11.8. The highest BCUT2D eigenvalue weighted by Crippen LogP contribution is 2.22. The molecule has 3 nitrogen and oxygen atoms in total. The molecule has 1 unspecified atom stereocenters. The Morgan fingerprint density at radius 3 is 2.42 bits per heavy atom. The van der Waals surface area contributed by atoms with Crippen LogP contribution in [0, 0.1) is 0 Å². The van der Waals surface area contributed by atoms with Crippen molar-refractivity contribution in [3.63, 3.8) is 0 Å². The van der Waals surface area contributed by atoms with Crippen molar-refractivity contribution in [2.24, 2.45) is 0 Å². The summed E-state index contributed by atoms with van der Waals surface area (Å²) in [4.78, 5) is 11.8. The molecule has 0 saturated carbocycles. The molecule has 0 bridgehead atoms. The summed E-state index contributed by atoms with van der Waals surface area (Å²) in [6.07, 6.45) is 0.927. The van der Waals surface area contributed by atoms with Crippen molar-refractivity contribution >= 4 is 14.5 Å². The molecule has 1 aromatic carbocycles. The summed E-state index contributed by atoms with van der Waals surface area (Å²) in [6, 6.07) is 11.5. The van der Waals surface area contributed by atoms with Gasteiger partial charge in [0.15, 0.2) is 0 Å². The van der Waals surface area contributed by atoms with Gasteiger partial charge in [-0.25, -0.2) is 4.79 Å². The van der Waals surface area contributed by atoms with Gasteiger partial charge in [-0.15, -0.1) is 0 Å². The van der Waals surface area contributed by atoms with Gasteiger partial charge in [-0.2, -0.15) is 0 Å². The third-order valence-electron chi connectivity index (χ3n) is 2.95. The normalized spacial score (nSPS) is 13.6. The summed E-state index contributed by atoms with van der Waals surface area (Å²) in [7, 11) is -0.911. The number of carbonyl (C=O) groups excluding carboxylic acids is 1. The Hall–Kier alpha value is -1.39. The van der Waals surface area contributed by atoms with Crippen molar-refractivity contribution in [2.45, 2.75) is 32.4 Å². The van der Waals surface area contributed by atoms with E-state index in [1.54, 1.807) is 14.0 Å². The molecule has 0 heterocycles. The second kappa shape index (κ2) is 7.26. The molecule has 0 saturated heterocycles. The lowest BCUT2D eigenvalue weighted by atomic mass is 10.2. The molecule has 1 rings (SSSR count). The van der Waals surface area contributed by atoms with Crippen LogP contribution in [0.2, 0.25) is 6.04 Å². The fourth-order valence-electron chi connectivity index (χ4n) is 1.94. The second-order valence-electron chi connectivity index (χ2n) is 4.70. The Morgan fingerprint density at radius 2 is 1.95 bits per heavy atom. The molecule has 0 aliphatic heterocycles. The molecular weight excluding hydrogens is 256 g/mol. The minimum Gasteiger partial charge on any atom is -0.490 e. The molecular formula is C15H22O3Si. The van der Waals surface area contributed by atoms with Gasteiger partial charge in [-0.1, -0.05) is 50.3 Å². The highest BCUT2D eigenvalue weighted by atomic mass is 28.4. The van der Waals surface area contributed by atoms with Crippen LogP contribution < -0.4 is 0 Å². The largest absolute Gasteiger partial charge is 0.490 e. The van der Waals surface area contributed by atoms with Crippen LogP contribution >= 0.6 is 0 Å². The molecule has 0 aromatic heterocycles. The van der Waals surface area contributed by atoms with Gasteiger partial charge in [0.2, 0.25) is 0 Å². The molecule has 0 N–H and O–H groups in total. The van der Waals surface area contributed by atoms with Crippen LogP contribution in [-0.4, -0.2) is 21.6 Å². The van der Waals surface area contributed by atoms with Crippen LogP contribution in [0.4, 0.5) is 0 Å². The molecule has 0 aliphatic carbocycles. The summed E-state index contributed by atoms with van der Waals surface area (Å²) in [5, 5.41) is 0. The summed E-state index contributed by atoms with van der Waals surface area (Å²) in [6.45, 7) is 7.36. The smallest absolute Gasteiger partial charge is 0.405 e. The SMILES string of the molecule is C=C(C)C(=O)O[Si](CCC)(Cc1ccccc1)OC. The van der Waals surface area contributed by atoms with Crippen LogP contribution in [0.1, 0.15) is 25.8 Å². The lowest BCUT2D eigenvalue weighted by molar-refractivity contribution is -0.132. The molecule has 104 valence electrons. The van der Waals surface area contributed by atoms with Crippen molar-refractivity contribution in [1.82, 2.24) is 0 Å². The van der Waals surface area contributed by atoms with Crippen molar-refractivity contribution in [2.75, 3.05) is 7.11 Å². The Morgan fingerprint density at radius 1 is 1.32 bits per heavy atom. The second-order valence-corrected chi connectivity index (χ2v) is 7.98. The van der Waals surface area contributed by atoms with Gasteiger partial charge >= 0.3 is 14.5 Å². The predicted octanol–water partition coefficient (Wildman–Crippen LogP) is 3.39. The standard InChI is InChI=1S/C15H22O3Si/c1-5-11-19(17-4,18-15(16)13(2)3)12-14-9-7-6-8-10-14/h6-10H,2,5,11-12H2,1,3-4H3. The molecule has 19 heavy (non-hydrogen) atoms. The van der Waals surface area contributed by atoms with E-state index in [0.29, 0.717) is 11.6 Å². The molecule has 4 heteroatoms. The Balaban J connectivity index is 2.91. The number of benzene rings is 1. The van der Waals surface area contributed by atoms with Gasteiger partial charge in [0.1, 0.15) is 0 Å². The number of carbonyl (C=O) groups is 1. The van der Waals surface area contributed by atoms with E-state index in [1.807, 2.05) is 30.3 Å². The highest BCUT2D eigenvalue weighted by molar-refractivity contribution is 6.68. The molecule has 1 atom stereocenters. The number of rotatable bonds is 7. The third-order valence-corrected chi connectivity index (χ3v) is 6.46. The van der Waals surface area contributed by atoms with Crippen LogP contribution in [-0.2, 0) is 19.7 Å². The topological polar surface area (TPSA) is 35.5 Å². The van der Waals surface area contributed by atoms with Gasteiger partial charge < -0.3 is 8.85 Å². The fourth-order valence-corrected chi connectivity index (χ4v) is 4.85. The van der Waals surface area contributed by atoms with Crippen molar-refractivity contribution in [3.05, 3.63) is 48.0 Å². The van der Waals surface area contributed by atoms with E-state index in [2.05, 4.69) is 13.5 Å². The van der Waals surface area contributed by atoms with E-state index in [9.17, 15) is 4.79 Å². The number of hydrogen-bond acceptors (Lipinski definition) is 3. The minimum absolute atomic E-state index is 0.349. The van der Waals surface area contributed by atoms with Crippen LogP contribution in [0.25, 0.3) is 0 Å². The maximum Gasteiger partial charge on any atom is 0.405 e. The van der Waals surface area contributed by atoms with Crippen LogP contribution in [0.5, 0.6) is 0 Å². The van der Waals surface area contributed by atoms with Gasteiger partial charge in [0.05, 0.1) is 0 Å². The van der Waals surface area contributed by atoms with E-state index in [4.69, 9.17) is 8.85 Å². The van der Waals surface area contributed by atoms with Gasteiger partial charge in [0.25, 0.3) is 0 Å². The lowest BCUT2D eigenvalue weighted by Crippen LogP contribution is -2.45. The summed E-state index contributed by atoms with van der Waals surface area (Å²) < 4.78 is 11.3. The average Bonchev–Trinajstić information content (AvgIpc) is 2.39. The first kappa shape index (κ1) is 15.7. The van der Waals surface area contributed by atoms with Crippen LogP contribution in [0.15, 0.2) is 42.5 Å². The van der Waals surface area contributed by atoms with Crippen molar-refractivity contribution in [3.8, 4) is 0 Å². The van der Waals surface area contributed by atoms with Crippen LogP contribution in [0.3, 0.4) is 0 Å². The molecule has 0 radical (unpaired) electrons. The van der Waals surface area contributed by atoms with Crippen molar-refractivity contribution < 1.29 is 13.6 Å². The summed E-state index contributed by atoms with van der Waals surface area (Å²) >= 11 is 0. The first-order chi connectivity index (χ1) is 9.03. The monoisotopic (exact) mass is 278 g/mol. The first-order valence-electron chi connectivity index (χ1n) is 6.51. The van der Waals surface area contributed by atoms with E-state index >= 15 is 0 Å². The average molecular weight is 278 g/mol. The minimum atomic E-state index is -2.55. The van der Waals surface area contributed by atoms with Gasteiger partial charge in [-0.05, 0) is 12.5 Å². The first-order valence-corrected chi connectivity index (χ1v) is 8.74. The predicted molar refractivity (Wildman–Crippen MR) is 78.9 cm³/mol. The Labute approximate surface area is 116 Å². The van der Waals surface area contributed by atoms with Crippen molar-refractivity contribution in [1.29, 1.82) is 0 Å². The zero-order chi connectivity index (χ0) is 14.3. The zero-order valence-corrected chi connectivity index (χ0v) is 12.9. The summed E-state index contributed by atoms with van der Waals surface area (Å²) in [5.41, 5.74) is 1.55. The third kappa shape index (κ3) is 4.65. The molecule has 0 aliphatic rings. The lowest BCUT2D eigenvalue weighted by Gasteiger charge is -2.28. The quantitative estimate of drug-likeness (QED) is 0.566. The fraction of sp³-hybridized carbons (Fsp3) is 0.400. The maximum atomic E-state index is 11.8. The molecule has 1 aromatic rings. The Kier molecular flexibility index (Phi) is 5.98. The molecule has 0 fully saturated rings. The van der Waals surface area contributed by atoms with Gasteiger partial charge in [0, 0.05) is 24.8 Å². The zero-order valence-electron chi connectivity index (χ0n) is 11.9. The van der Waals surface area contributed by atoms with E-state index in [-0.39, 0.29) is 5.97 Å². The van der Waals surface area contributed by atoms with Gasteiger partial charge in [-0.3, -0.25) is 0 Å². The Bertz CT molecular complexity index is 430. The van der Waals surface area contributed by atoms with E-state index < -0.39 is 8.56 Å². The molecule has 0 amide bonds. The van der Waals surface area contributed by atoms with E-state index in [1.165, 1.54) is 0 Å².